The molecule has 7 heteroatoms. The Kier molecular flexibility index (Phi) is 4.06. The van der Waals surface area contributed by atoms with E-state index in [0.717, 1.165) is 12.3 Å². The van der Waals surface area contributed by atoms with E-state index in [0.29, 0.717) is 12.1 Å². The maximum atomic E-state index is 13.6. The molecule has 0 fully saturated rings. The second-order valence-electron chi connectivity index (χ2n) is 4.54. The Hall–Kier alpha value is -1.86. The van der Waals surface area contributed by atoms with E-state index in [2.05, 4.69) is 0 Å². The van der Waals surface area contributed by atoms with Crippen molar-refractivity contribution in [3.8, 4) is 0 Å². The summed E-state index contributed by atoms with van der Waals surface area (Å²) < 4.78 is 62.5. The van der Waals surface area contributed by atoms with Crippen molar-refractivity contribution < 1.29 is 26.7 Å². The van der Waals surface area contributed by atoms with Crippen LogP contribution in [0.15, 0.2) is 41.3 Å². The molecule has 112 valence electrons. The molecule has 0 aliphatic heterocycles. The van der Waals surface area contributed by atoms with Crippen LogP contribution in [0.1, 0.15) is 17.2 Å². The number of hydrogen-bond donors (Lipinski definition) is 1. The SMILES string of the molecule is CS(=O)(=O)c1cccc(C(O)c2cc(F)c(F)cc2F)c1. The fraction of sp³-hybridized carbons (Fsp3) is 0.143. The first-order valence-corrected chi connectivity index (χ1v) is 7.72. The smallest absolute Gasteiger partial charge is 0.175 e. The Morgan fingerprint density at radius 3 is 2.24 bits per heavy atom. The molecule has 2 aromatic carbocycles. The molecule has 0 spiro atoms. The molecule has 21 heavy (non-hydrogen) atoms. The van der Waals surface area contributed by atoms with E-state index in [1.54, 1.807) is 0 Å². The van der Waals surface area contributed by atoms with Crippen LogP contribution in [-0.4, -0.2) is 19.8 Å². The maximum absolute atomic E-state index is 13.6. The van der Waals surface area contributed by atoms with Gasteiger partial charge in [-0.25, -0.2) is 21.6 Å². The van der Waals surface area contributed by atoms with Crippen LogP contribution in [0.25, 0.3) is 0 Å². The van der Waals surface area contributed by atoms with Gasteiger partial charge in [-0.2, -0.15) is 0 Å². The fourth-order valence-corrected chi connectivity index (χ4v) is 2.52. The van der Waals surface area contributed by atoms with Gasteiger partial charge >= 0.3 is 0 Å². The predicted octanol–water partition coefficient (Wildman–Crippen LogP) is 2.59. The van der Waals surface area contributed by atoms with Gasteiger partial charge < -0.3 is 5.11 Å². The van der Waals surface area contributed by atoms with Gasteiger partial charge in [-0.3, -0.25) is 0 Å². The molecule has 0 aliphatic carbocycles. The number of aliphatic hydroxyl groups is 1. The molecular formula is C14H11F3O3S. The van der Waals surface area contributed by atoms with E-state index in [9.17, 15) is 26.7 Å². The lowest BCUT2D eigenvalue weighted by atomic mass is 10.0. The van der Waals surface area contributed by atoms with Crippen LogP contribution in [0.4, 0.5) is 13.2 Å². The zero-order valence-corrected chi connectivity index (χ0v) is 11.7. The summed E-state index contributed by atoms with van der Waals surface area (Å²) in [5, 5.41) is 10.1. The molecule has 1 atom stereocenters. The Morgan fingerprint density at radius 2 is 1.62 bits per heavy atom. The average molecular weight is 316 g/mol. The maximum Gasteiger partial charge on any atom is 0.175 e. The summed E-state index contributed by atoms with van der Waals surface area (Å²) in [6.07, 6.45) is -0.627. The van der Waals surface area contributed by atoms with E-state index in [1.165, 1.54) is 18.2 Å². The number of hydrogen-bond acceptors (Lipinski definition) is 3. The minimum atomic E-state index is -3.50. The van der Waals surface area contributed by atoms with Crippen LogP contribution in [0.2, 0.25) is 0 Å². The molecule has 0 radical (unpaired) electrons. The summed E-state index contributed by atoms with van der Waals surface area (Å²) in [6, 6.07) is 6.07. The Labute approximate surface area is 119 Å². The lowest BCUT2D eigenvalue weighted by molar-refractivity contribution is 0.213. The first-order chi connectivity index (χ1) is 9.70. The molecule has 0 amide bonds. The molecule has 0 aromatic heterocycles. The standard InChI is InChI=1S/C14H11F3O3S/c1-21(19,20)9-4-2-3-8(5-9)14(18)10-6-12(16)13(17)7-11(10)15/h2-7,14,18H,1H3. The van der Waals surface area contributed by atoms with Crippen LogP contribution in [0.3, 0.4) is 0 Å². The van der Waals surface area contributed by atoms with E-state index >= 15 is 0 Å². The van der Waals surface area contributed by atoms with Gasteiger partial charge in [0.15, 0.2) is 21.5 Å². The summed E-state index contributed by atoms with van der Waals surface area (Å²) in [6.45, 7) is 0. The number of sulfone groups is 1. The van der Waals surface area contributed by atoms with Crippen LogP contribution < -0.4 is 0 Å². The topological polar surface area (TPSA) is 54.4 Å². The number of halogens is 3. The van der Waals surface area contributed by atoms with Gasteiger partial charge in [-0.05, 0) is 23.8 Å². The number of benzene rings is 2. The van der Waals surface area contributed by atoms with E-state index in [4.69, 9.17) is 0 Å². The van der Waals surface area contributed by atoms with Crippen LogP contribution >= 0.6 is 0 Å². The summed E-state index contributed by atoms with van der Waals surface area (Å²) in [7, 11) is -3.50. The highest BCUT2D eigenvalue weighted by Gasteiger charge is 2.19. The quantitative estimate of drug-likeness (QED) is 0.886. The highest BCUT2D eigenvalue weighted by molar-refractivity contribution is 7.90. The van der Waals surface area contributed by atoms with Crippen molar-refractivity contribution in [3.05, 3.63) is 65.0 Å². The lowest BCUT2D eigenvalue weighted by Gasteiger charge is -2.13. The molecular weight excluding hydrogens is 305 g/mol. The highest BCUT2D eigenvalue weighted by Crippen LogP contribution is 2.27. The minimum absolute atomic E-state index is 0.0582. The molecule has 1 N–H and O–H groups in total. The average Bonchev–Trinajstić information content (AvgIpc) is 2.41. The fourth-order valence-electron chi connectivity index (χ4n) is 1.84. The van der Waals surface area contributed by atoms with Gasteiger partial charge in [0, 0.05) is 17.9 Å². The normalized spacial score (nSPS) is 13.2. The summed E-state index contributed by atoms with van der Waals surface area (Å²) in [5.74, 6) is -3.79. The van der Waals surface area contributed by atoms with Crippen molar-refractivity contribution in [1.29, 1.82) is 0 Å². The van der Waals surface area contributed by atoms with Gasteiger partial charge in [0.25, 0.3) is 0 Å². The molecule has 3 nitrogen and oxygen atoms in total. The molecule has 0 bridgehead atoms. The summed E-state index contributed by atoms with van der Waals surface area (Å²) >= 11 is 0. The molecule has 0 saturated heterocycles. The predicted molar refractivity (Wildman–Crippen MR) is 69.9 cm³/mol. The minimum Gasteiger partial charge on any atom is -0.384 e. The van der Waals surface area contributed by atoms with Crippen molar-refractivity contribution in [2.45, 2.75) is 11.0 Å². The van der Waals surface area contributed by atoms with Crippen molar-refractivity contribution in [1.82, 2.24) is 0 Å². The third-order valence-corrected chi connectivity index (χ3v) is 4.05. The molecule has 0 aliphatic rings. The number of aliphatic hydroxyl groups excluding tert-OH is 1. The van der Waals surface area contributed by atoms with Crippen LogP contribution in [0.5, 0.6) is 0 Å². The van der Waals surface area contributed by atoms with Gasteiger partial charge in [-0.1, -0.05) is 12.1 Å². The molecule has 2 rings (SSSR count). The zero-order valence-electron chi connectivity index (χ0n) is 10.8. The second kappa shape index (κ2) is 5.50. The van der Waals surface area contributed by atoms with Gasteiger partial charge in [0.1, 0.15) is 11.9 Å². The van der Waals surface area contributed by atoms with Crippen molar-refractivity contribution in [2.75, 3.05) is 6.26 Å². The highest BCUT2D eigenvalue weighted by atomic mass is 32.2. The Balaban J connectivity index is 2.50. The van der Waals surface area contributed by atoms with Crippen molar-refractivity contribution in [3.63, 3.8) is 0 Å². The molecule has 0 saturated carbocycles. The van der Waals surface area contributed by atoms with Crippen molar-refractivity contribution in [2.24, 2.45) is 0 Å². The summed E-state index contributed by atoms with van der Waals surface area (Å²) in [4.78, 5) is -0.0676. The zero-order chi connectivity index (χ0) is 15.8. The monoisotopic (exact) mass is 316 g/mol. The van der Waals surface area contributed by atoms with Crippen LogP contribution in [-0.2, 0) is 9.84 Å². The lowest BCUT2D eigenvalue weighted by Crippen LogP contribution is -2.06. The molecule has 0 heterocycles. The second-order valence-corrected chi connectivity index (χ2v) is 6.55. The molecule has 1 unspecified atom stereocenters. The third kappa shape index (κ3) is 3.25. The van der Waals surface area contributed by atoms with E-state index in [1.807, 2.05) is 0 Å². The van der Waals surface area contributed by atoms with E-state index in [-0.39, 0.29) is 10.5 Å². The van der Waals surface area contributed by atoms with Crippen molar-refractivity contribution >= 4 is 9.84 Å². The van der Waals surface area contributed by atoms with E-state index < -0.39 is 39.0 Å². The largest absolute Gasteiger partial charge is 0.384 e. The first kappa shape index (κ1) is 15.5. The van der Waals surface area contributed by atoms with Gasteiger partial charge in [0.2, 0.25) is 0 Å². The number of rotatable bonds is 3. The van der Waals surface area contributed by atoms with Gasteiger partial charge in [0.05, 0.1) is 4.90 Å². The third-order valence-electron chi connectivity index (χ3n) is 2.94. The Morgan fingerprint density at radius 1 is 1.00 bits per heavy atom. The molecule has 2 aromatic rings. The van der Waals surface area contributed by atoms with Gasteiger partial charge in [-0.15, -0.1) is 0 Å². The first-order valence-electron chi connectivity index (χ1n) is 5.82. The van der Waals surface area contributed by atoms with Crippen LogP contribution in [0, 0.1) is 17.5 Å². The summed E-state index contributed by atoms with van der Waals surface area (Å²) in [5.41, 5.74) is -0.414. The Bertz CT molecular complexity index is 788.